The van der Waals surface area contributed by atoms with Crippen molar-refractivity contribution in [2.45, 2.75) is 26.2 Å². The van der Waals surface area contributed by atoms with Gasteiger partial charge in [0.2, 0.25) is 0 Å². The fourth-order valence-electron chi connectivity index (χ4n) is 2.78. The maximum atomic E-state index is 5.58. The summed E-state index contributed by atoms with van der Waals surface area (Å²) < 4.78 is 5.58. The highest BCUT2D eigenvalue weighted by atomic mass is 16.5. The van der Waals surface area contributed by atoms with Gasteiger partial charge in [0, 0.05) is 23.8 Å². The van der Waals surface area contributed by atoms with Crippen molar-refractivity contribution >= 4 is 16.6 Å². The van der Waals surface area contributed by atoms with Crippen molar-refractivity contribution in [1.82, 2.24) is 4.98 Å². The molecule has 0 bridgehead atoms. The van der Waals surface area contributed by atoms with Crippen LogP contribution in [0.2, 0.25) is 0 Å². The van der Waals surface area contributed by atoms with E-state index >= 15 is 0 Å². The van der Waals surface area contributed by atoms with Gasteiger partial charge in [-0.25, -0.2) is 0 Å². The lowest BCUT2D eigenvalue weighted by Gasteiger charge is -2.13. The van der Waals surface area contributed by atoms with Crippen LogP contribution in [0.5, 0.6) is 5.75 Å². The Morgan fingerprint density at radius 1 is 1.33 bits per heavy atom. The van der Waals surface area contributed by atoms with Gasteiger partial charge in [-0.1, -0.05) is 0 Å². The lowest BCUT2D eigenvalue weighted by atomic mass is 10.1. The number of ether oxygens (including phenoxy) is 1. The molecule has 0 aliphatic heterocycles. The van der Waals surface area contributed by atoms with Gasteiger partial charge in [-0.3, -0.25) is 4.98 Å². The van der Waals surface area contributed by atoms with Crippen molar-refractivity contribution in [2.24, 2.45) is 0 Å². The molecule has 0 atom stereocenters. The molecule has 0 fully saturated rings. The van der Waals surface area contributed by atoms with Crippen LogP contribution in [0.1, 0.15) is 24.6 Å². The monoisotopic (exact) mass is 242 g/mol. The quantitative estimate of drug-likeness (QED) is 0.897. The van der Waals surface area contributed by atoms with Crippen molar-refractivity contribution in [3.63, 3.8) is 0 Å². The van der Waals surface area contributed by atoms with Crippen LogP contribution >= 0.6 is 0 Å². The predicted molar refractivity (Wildman–Crippen MR) is 74.5 cm³/mol. The third-order valence-electron chi connectivity index (χ3n) is 3.54. The minimum Gasteiger partial charge on any atom is -0.494 e. The van der Waals surface area contributed by atoms with Crippen LogP contribution in [-0.2, 0) is 12.8 Å². The van der Waals surface area contributed by atoms with Gasteiger partial charge in [-0.15, -0.1) is 0 Å². The lowest BCUT2D eigenvalue weighted by molar-refractivity contribution is 0.340. The molecule has 0 saturated heterocycles. The van der Waals surface area contributed by atoms with Crippen molar-refractivity contribution in [2.75, 3.05) is 19.0 Å². The molecule has 0 saturated carbocycles. The number of benzene rings is 1. The second kappa shape index (κ2) is 4.48. The maximum absolute atomic E-state index is 5.58. The zero-order chi connectivity index (χ0) is 12.5. The highest BCUT2D eigenvalue weighted by molar-refractivity contribution is 5.94. The van der Waals surface area contributed by atoms with Crippen LogP contribution in [0, 0.1) is 0 Å². The van der Waals surface area contributed by atoms with E-state index in [-0.39, 0.29) is 0 Å². The van der Waals surface area contributed by atoms with E-state index in [9.17, 15) is 0 Å². The summed E-state index contributed by atoms with van der Waals surface area (Å²) in [6, 6.07) is 6.15. The van der Waals surface area contributed by atoms with E-state index < -0.39 is 0 Å². The smallest absolute Gasteiger partial charge is 0.120 e. The Balaban J connectivity index is 2.24. The SMILES string of the molecule is CCOc1ccc2nc3c(c(NC)c2c1)CCC3. The first-order chi connectivity index (χ1) is 8.83. The van der Waals surface area contributed by atoms with Crippen LogP contribution in [0.3, 0.4) is 0 Å². The fraction of sp³-hybridized carbons (Fsp3) is 0.400. The lowest BCUT2D eigenvalue weighted by Crippen LogP contribution is -2.00. The number of aromatic nitrogens is 1. The average Bonchev–Trinajstić information content (AvgIpc) is 2.84. The molecule has 0 spiro atoms. The number of pyridine rings is 1. The number of aryl methyl sites for hydroxylation is 1. The van der Waals surface area contributed by atoms with Crippen molar-refractivity contribution in [3.05, 3.63) is 29.5 Å². The average molecular weight is 242 g/mol. The molecule has 1 aliphatic carbocycles. The molecule has 94 valence electrons. The van der Waals surface area contributed by atoms with Gasteiger partial charge in [0.15, 0.2) is 0 Å². The number of hydrogen-bond donors (Lipinski definition) is 1. The normalized spacial score (nSPS) is 13.7. The van der Waals surface area contributed by atoms with Gasteiger partial charge in [-0.2, -0.15) is 0 Å². The molecular formula is C15H18N2O. The van der Waals surface area contributed by atoms with Gasteiger partial charge in [-0.05, 0) is 49.9 Å². The summed E-state index contributed by atoms with van der Waals surface area (Å²) in [5.74, 6) is 0.918. The number of nitrogens with zero attached hydrogens (tertiary/aromatic N) is 1. The molecule has 3 nitrogen and oxygen atoms in total. The second-order valence-corrected chi connectivity index (χ2v) is 4.63. The van der Waals surface area contributed by atoms with E-state index in [1.165, 1.54) is 28.8 Å². The van der Waals surface area contributed by atoms with Gasteiger partial charge in [0.05, 0.1) is 12.1 Å². The largest absolute Gasteiger partial charge is 0.494 e. The summed E-state index contributed by atoms with van der Waals surface area (Å²) in [5.41, 5.74) is 4.94. The topological polar surface area (TPSA) is 34.1 Å². The van der Waals surface area contributed by atoms with Gasteiger partial charge < -0.3 is 10.1 Å². The molecule has 3 heteroatoms. The van der Waals surface area contributed by atoms with E-state index in [4.69, 9.17) is 9.72 Å². The molecule has 3 rings (SSSR count). The first kappa shape index (κ1) is 11.3. The molecule has 1 N–H and O–H groups in total. The van der Waals surface area contributed by atoms with E-state index in [0.29, 0.717) is 6.61 Å². The highest BCUT2D eigenvalue weighted by Gasteiger charge is 2.19. The number of nitrogens with one attached hydrogen (secondary N) is 1. The summed E-state index contributed by atoms with van der Waals surface area (Å²) in [7, 11) is 1.99. The summed E-state index contributed by atoms with van der Waals surface area (Å²) in [4.78, 5) is 4.77. The Bertz CT molecular complexity index is 593. The van der Waals surface area contributed by atoms with E-state index in [1.807, 2.05) is 20.0 Å². The van der Waals surface area contributed by atoms with Crippen LogP contribution in [0.4, 0.5) is 5.69 Å². The molecular weight excluding hydrogens is 224 g/mol. The standard InChI is InChI=1S/C15H18N2O/c1-3-18-10-7-8-14-12(9-10)15(16-2)11-5-4-6-13(11)17-14/h7-9H,3-6H2,1-2H3,(H,16,17). The van der Waals surface area contributed by atoms with Crippen molar-refractivity contribution in [1.29, 1.82) is 0 Å². The summed E-state index contributed by atoms with van der Waals surface area (Å²) >= 11 is 0. The minimum absolute atomic E-state index is 0.693. The third kappa shape index (κ3) is 1.70. The number of rotatable bonds is 3. The van der Waals surface area contributed by atoms with Crippen LogP contribution in [0.25, 0.3) is 10.9 Å². The molecule has 1 aromatic carbocycles. The molecule has 0 unspecified atom stereocenters. The van der Waals surface area contributed by atoms with E-state index in [2.05, 4.69) is 17.4 Å². The molecule has 0 amide bonds. The zero-order valence-corrected chi connectivity index (χ0v) is 10.9. The highest BCUT2D eigenvalue weighted by Crippen LogP contribution is 2.35. The Morgan fingerprint density at radius 3 is 3.00 bits per heavy atom. The summed E-state index contributed by atoms with van der Waals surface area (Å²) in [6.45, 7) is 2.70. The van der Waals surface area contributed by atoms with E-state index in [1.54, 1.807) is 0 Å². The molecule has 2 aromatic rings. The molecule has 1 aromatic heterocycles. The second-order valence-electron chi connectivity index (χ2n) is 4.63. The van der Waals surface area contributed by atoms with Crippen molar-refractivity contribution in [3.8, 4) is 5.75 Å². The Kier molecular flexibility index (Phi) is 2.82. The molecule has 1 heterocycles. The van der Waals surface area contributed by atoms with Crippen LogP contribution in [-0.4, -0.2) is 18.6 Å². The molecule has 1 aliphatic rings. The summed E-state index contributed by atoms with van der Waals surface area (Å²) in [6.07, 6.45) is 3.45. The predicted octanol–water partition coefficient (Wildman–Crippen LogP) is 3.16. The first-order valence-corrected chi connectivity index (χ1v) is 6.59. The maximum Gasteiger partial charge on any atom is 0.120 e. The van der Waals surface area contributed by atoms with Crippen molar-refractivity contribution < 1.29 is 4.74 Å². The van der Waals surface area contributed by atoms with Crippen LogP contribution in [0.15, 0.2) is 18.2 Å². The first-order valence-electron chi connectivity index (χ1n) is 6.59. The Hall–Kier alpha value is -1.77. The Labute approximate surface area is 107 Å². The van der Waals surface area contributed by atoms with Crippen LogP contribution < -0.4 is 10.1 Å². The number of anilines is 1. The fourth-order valence-corrected chi connectivity index (χ4v) is 2.78. The number of fused-ring (bicyclic) bond motifs is 2. The van der Waals surface area contributed by atoms with Gasteiger partial charge in [0.1, 0.15) is 5.75 Å². The minimum atomic E-state index is 0.693. The van der Waals surface area contributed by atoms with Gasteiger partial charge >= 0.3 is 0 Å². The zero-order valence-electron chi connectivity index (χ0n) is 10.9. The summed E-state index contributed by atoms with van der Waals surface area (Å²) in [5, 5.41) is 4.51. The Morgan fingerprint density at radius 2 is 2.22 bits per heavy atom. The number of hydrogen-bond acceptors (Lipinski definition) is 3. The van der Waals surface area contributed by atoms with E-state index in [0.717, 1.165) is 24.1 Å². The third-order valence-corrected chi connectivity index (χ3v) is 3.54. The molecule has 0 radical (unpaired) electrons. The van der Waals surface area contributed by atoms with Gasteiger partial charge in [0.25, 0.3) is 0 Å². The molecule has 18 heavy (non-hydrogen) atoms.